The van der Waals surface area contributed by atoms with Gasteiger partial charge in [-0.15, -0.1) is 0 Å². The molecule has 1 aromatic rings. The van der Waals surface area contributed by atoms with Gasteiger partial charge in [0.05, 0.1) is 6.10 Å². The number of carbonyl (C=O) groups excluding carboxylic acids is 1. The number of hydrogen-bond acceptors (Lipinski definition) is 2. The van der Waals surface area contributed by atoms with Crippen LogP contribution in [0, 0.1) is 5.41 Å². The minimum atomic E-state index is -0.0184. The zero-order valence-corrected chi connectivity index (χ0v) is 12.5. The van der Waals surface area contributed by atoms with Crippen molar-refractivity contribution in [2.75, 3.05) is 7.11 Å². The summed E-state index contributed by atoms with van der Waals surface area (Å²) >= 11 is 3.36. The van der Waals surface area contributed by atoms with Gasteiger partial charge in [-0.1, -0.05) is 29.8 Å². The van der Waals surface area contributed by atoms with Gasteiger partial charge in [-0.05, 0) is 30.7 Å². The van der Waals surface area contributed by atoms with Gasteiger partial charge in [-0.25, -0.2) is 0 Å². The molecule has 0 spiro atoms. The maximum absolute atomic E-state index is 12.1. The van der Waals surface area contributed by atoms with Crippen molar-refractivity contribution in [2.24, 2.45) is 5.41 Å². The molecule has 2 atom stereocenters. The summed E-state index contributed by atoms with van der Waals surface area (Å²) in [7, 11) is 1.72. The first kappa shape index (κ1) is 13.6. The van der Waals surface area contributed by atoms with Gasteiger partial charge >= 0.3 is 0 Å². The highest BCUT2D eigenvalue weighted by molar-refractivity contribution is 9.10. The summed E-state index contributed by atoms with van der Waals surface area (Å²) in [6.45, 7) is 4.24. The van der Waals surface area contributed by atoms with Gasteiger partial charge in [0.1, 0.15) is 0 Å². The second-order valence-electron chi connectivity index (χ2n) is 5.31. The first-order chi connectivity index (χ1) is 8.45. The summed E-state index contributed by atoms with van der Waals surface area (Å²) in [4.78, 5) is 12.1. The number of benzene rings is 1. The molecule has 0 aliphatic heterocycles. The van der Waals surface area contributed by atoms with E-state index in [1.165, 1.54) is 0 Å². The van der Waals surface area contributed by atoms with Gasteiger partial charge in [-0.3, -0.25) is 4.79 Å². The summed E-state index contributed by atoms with van der Waals surface area (Å²) in [5.74, 6) is -0.0184. The molecule has 1 aliphatic carbocycles. The van der Waals surface area contributed by atoms with Gasteiger partial charge < -0.3 is 10.1 Å². The monoisotopic (exact) mass is 311 g/mol. The quantitative estimate of drug-likeness (QED) is 0.932. The number of methoxy groups -OCH3 is 1. The summed E-state index contributed by atoms with van der Waals surface area (Å²) < 4.78 is 6.35. The average Bonchev–Trinajstić information content (AvgIpc) is 2.34. The van der Waals surface area contributed by atoms with Crippen LogP contribution in [-0.2, 0) is 4.74 Å². The highest BCUT2D eigenvalue weighted by atomic mass is 79.9. The molecule has 2 unspecified atom stereocenters. The van der Waals surface area contributed by atoms with Crippen molar-refractivity contribution in [1.29, 1.82) is 0 Å². The molecule has 1 saturated carbocycles. The molecule has 0 bridgehead atoms. The molecule has 0 heterocycles. The lowest BCUT2D eigenvalue weighted by Gasteiger charge is -2.51. The Hall–Kier alpha value is -0.870. The Labute approximate surface area is 116 Å². The lowest BCUT2D eigenvalue weighted by molar-refractivity contribution is -0.0942. The van der Waals surface area contributed by atoms with E-state index >= 15 is 0 Å². The van der Waals surface area contributed by atoms with Crippen LogP contribution < -0.4 is 5.32 Å². The van der Waals surface area contributed by atoms with Crippen LogP contribution in [0.25, 0.3) is 0 Å². The third kappa shape index (κ3) is 2.45. The van der Waals surface area contributed by atoms with E-state index in [0.717, 1.165) is 10.9 Å². The van der Waals surface area contributed by atoms with Crippen LogP contribution >= 0.6 is 15.9 Å². The second kappa shape index (κ2) is 5.02. The van der Waals surface area contributed by atoms with Gasteiger partial charge in [-0.2, -0.15) is 0 Å². The fourth-order valence-corrected chi connectivity index (χ4v) is 2.64. The van der Waals surface area contributed by atoms with Crippen LogP contribution in [0.15, 0.2) is 28.7 Å². The molecular formula is C14H18BrNO2. The Bertz CT molecular complexity index is 442. The van der Waals surface area contributed by atoms with Crippen molar-refractivity contribution < 1.29 is 9.53 Å². The predicted molar refractivity (Wildman–Crippen MR) is 74.6 cm³/mol. The van der Waals surface area contributed by atoms with E-state index in [-0.39, 0.29) is 23.5 Å². The smallest absolute Gasteiger partial charge is 0.251 e. The molecule has 3 nitrogen and oxygen atoms in total. The van der Waals surface area contributed by atoms with Crippen molar-refractivity contribution in [3.8, 4) is 0 Å². The number of rotatable bonds is 3. The molecule has 4 heteroatoms. The minimum Gasteiger partial charge on any atom is -0.381 e. The molecule has 1 amide bonds. The Balaban J connectivity index is 1.99. The largest absolute Gasteiger partial charge is 0.381 e. The molecule has 1 N–H and O–H groups in total. The third-order valence-corrected chi connectivity index (χ3v) is 4.40. The summed E-state index contributed by atoms with van der Waals surface area (Å²) in [6.07, 6.45) is 1.11. The number of amides is 1. The molecule has 98 valence electrons. The van der Waals surface area contributed by atoms with E-state index in [1.807, 2.05) is 24.3 Å². The standard InChI is InChI=1S/C14H18BrNO2/c1-14(2)11(8-12(14)18-3)16-13(17)9-4-6-10(15)7-5-9/h4-7,11-12H,8H2,1-3H3,(H,16,17). The van der Waals surface area contributed by atoms with Crippen LogP contribution in [-0.4, -0.2) is 25.2 Å². The zero-order valence-electron chi connectivity index (χ0n) is 10.9. The zero-order chi connectivity index (χ0) is 13.3. The van der Waals surface area contributed by atoms with E-state index in [1.54, 1.807) is 7.11 Å². The van der Waals surface area contributed by atoms with Crippen molar-refractivity contribution in [1.82, 2.24) is 5.32 Å². The lowest BCUT2D eigenvalue weighted by Crippen LogP contribution is -2.61. The highest BCUT2D eigenvalue weighted by Gasteiger charge is 2.49. The second-order valence-corrected chi connectivity index (χ2v) is 6.23. The number of halogens is 1. The first-order valence-corrected chi connectivity index (χ1v) is 6.83. The maximum atomic E-state index is 12.1. The SMILES string of the molecule is COC1CC(NC(=O)c2ccc(Br)cc2)C1(C)C. The van der Waals surface area contributed by atoms with Crippen molar-refractivity contribution >= 4 is 21.8 Å². The number of hydrogen-bond donors (Lipinski definition) is 1. The number of ether oxygens (including phenoxy) is 1. The van der Waals surface area contributed by atoms with E-state index in [2.05, 4.69) is 35.1 Å². The summed E-state index contributed by atoms with van der Waals surface area (Å²) in [5, 5.41) is 3.07. The average molecular weight is 312 g/mol. The molecule has 18 heavy (non-hydrogen) atoms. The number of nitrogens with one attached hydrogen (secondary N) is 1. The lowest BCUT2D eigenvalue weighted by atomic mass is 9.64. The summed E-state index contributed by atoms with van der Waals surface area (Å²) in [5.41, 5.74) is 0.689. The van der Waals surface area contributed by atoms with Gasteiger partial charge in [0.25, 0.3) is 5.91 Å². The van der Waals surface area contributed by atoms with Crippen LogP contribution in [0.4, 0.5) is 0 Å². The van der Waals surface area contributed by atoms with E-state index in [4.69, 9.17) is 4.74 Å². The normalized spacial score (nSPS) is 25.3. The Morgan fingerprint density at radius 2 is 2.00 bits per heavy atom. The first-order valence-electron chi connectivity index (χ1n) is 6.04. The third-order valence-electron chi connectivity index (χ3n) is 3.87. The fourth-order valence-electron chi connectivity index (χ4n) is 2.37. The van der Waals surface area contributed by atoms with Crippen molar-refractivity contribution in [3.05, 3.63) is 34.3 Å². The fraction of sp³-hybridized carbons (Fsp3) is 0.500. The Morgan fingerprint density at radius 1 is 1.39 bits per heavy atom. The van der Waals surface area contributed by atoms with Crippen LogP contribution in [0.5, 0.6) is 0 Å². The molecule has 1 aromatic carbocycles. The van der Waals surface area contributed by atoms with Gasteiger partial charge in [0.2, 0.25) is 0 Å². The Kier molecular flexibility index (Phi) is 3.78. The minimum absolute atomic E-state index is 0.000225. The maximum Gasteiger partial charge on any atom is 0.251 e. The molecule has 2 rings (SSSR count). The van der Waals surface area contributed by atoms with Crippen molar-refractivity contribution in [2.45, 2.75) is 32.4 Å². The van der Waals surface area contributed by atoms with Crippen LogP contribution in [0.3, 0.4) is 0 Å². The van der Waals surface area contributed by atoms with E-state index < -0.39 is 0 Å². The van der Waals surface area contributed by atoms with Crippen LogP contribution in [0.1, 0.15) is 30.6 Å². The van der Waals surface area contributed by atoms with Crippen LogP contribution in [0.2, 0.25) is 0 Å². The topological polar surface area (TPSA) is 38.3 Å². The van der Waals surface area contributed by atoms with E-state index in [0.29, 0.717) is 5.56 Å². The molecule has 1 fully saturated rings. The Morgan fingerprint density at radius 3 is 2.50 bits per heavy atom. The van der Waals surface area contributed by atoms with Gasteiger partial charge in [0, 0.05) is 28.6 Å². The molecule has 0 saturated heterocycles. The van der Waals surface area contributed by atoms with Crippen molar-refractivity contribution in [3.63, 3.8) is 0 Å². The van der Waals surface area contributed by atoms with E-state index in [9.17, 15) is 4.79 Å². The van der Waals surface area contributed by atoms with Gasteiger partial charge in [0.15, 0.2) is 0 Å². The molecule has 0 radical (unpaired) electrons. The molecule has 1 aliphatic rings. The predicted octanol–water partition coefficient (Wildman–Crippen LogP) is 2.99. The number of carbonyl (C=O) groups is 1. The molecular weight excluding hydrogens is 294 g/mol. The molecule has 0 aromatic heterocycles. The highest BCUT2D eigenvalue weighted by Crippen LogP contribution is 2.42. The summed E-state index contributed by atoms with van der Waals surface area (Å²) in [6, 6.07) is 7.56.